The fourth-order valence-electron chi connectivity index (χ4n) is 1.65. The highest BCUT2D eigenvalue weighted by Crippen LogP contribution is 2.09. The van der Waals surface area contributed by atoms with E-state index in [1.807, 2.05) is 0 Å². The molecular formula is C17H23NO5. The van der Waals surface area contributed by atoms with E-state index in [2.05, 4.69) is 5.32 Å². The van der Waals surface area contributed by atoms with Crippen LogP contribution in [-0.2, 0) is 14.3 Å². The second kappa shape index (κ2) is 8.31. The number of hydrogen-bond donors (Lipinski definition) is 1. The number of carbonyl (C=O) groups excluding carboxylic acids is 3. The minimum Gasteiger partial charge on any atom is -0.444 e. The highest BCUT2D eigenvalue weighted by molar-refractivity contribution is 5.97. The van der Waals surface area contributed by atoms with Crippen molar-refractivity contribution in [1.29, 1.82) is 0 Å². The third-order valence-corrected chi connectivity index (χ3v) is 2.85. The van der Waals surface area contributed by atoms with Crippen LogP contribution >= 0.6 is 0 Å². The molecule has 1 atom stereocenters. The zero-order valence-corrected chi connectivity index (χ0v) is 13.9. The molecule has 1 aromatic rings. The summed E-state index contributed by atoms with van der Waals surface area (Å²) >= 11 is 0. The fraction of sp³-hybridized carbons (Fsp3) is 0.471. The predicted molar refractivity (Wildman–Crippen MR) is 84.9 cm³/mol. The first-order chi connectivity index (χ1) is 10.7. The Morgan fingerprint density at radius 1 is 1.13 bits per heavy atom. The molecule has 0 spiro atoms. The lowest BCUT2D eigenvalue weighted by atomic mass is 10.1. The zero-order valence-electron chi connectivity index (χ0n) is 13.9. The number of hydrogen-bond acceptors (Lipinski definition) is 5. The van der Waals surface area contributed by atoms with E-state index >= 15 is 0 Å². The third kappa shape index (κ3) is 7.44. The van der Waals surface area contributed by atoms with Crippen molar-refractivity contribution in [2.45, 2.75) is 39.7 Å². The summed E-state index contributed by atoms with van der Waals surface area (Å²) in [5.74, 6) is -1.81. The Balaban J connectivity index is 2.34. The van der Waals surface area contributed by atoms with Crippen LogP contribution < -0.4 is 5.32 Å². The first-order valence-corrected chi connectivity index (χ1v) is 7.47. The SMILES string of the molecule is CC(CCNC(=O)OC(C)(C)C)C(=O)OC(=O)c1ccccc1. The van der Waals surface area contributed by atoms with E-state index in [9.17, 15) is 14.4 Å². The molecule has 1 unspecified atom stereocenters. The van der Waals surface area contributed by atoms with Crippen LogP contribution in [0.15, 0.2) is 30.3 Å². The van der Waals surface area contributed by atoms with Gasteiger partial charge in [-0.15, -0.1) is 0 Å². The van der Waals surface area contributed by atoms with Crippen LogP contribution in [0.4, 0.5) is 4.79 Å². The second-order valence-electron chi connectivity index (χ2n) is 6.19. The van der Waals surface area contributed by atoms with Crippen molar-refractivity contribution in [1.82, 2.24) is 5.32 Å². The maximum absolute atomic E-state index is 11.8. The molecule has 0 saturated carbocycles. The van der Waals surface area contributed by atoms with Crippen LogP contribution in [0.1, 0.15) is 44.5 Å². The summed E-state index contributed by atoms with van der Waals surface area (Å²) < 4.78 is 9.90. The summed E-state index contributed by atoms with van der Waals surface area (Å²) in [7, 11) is 0. The van der Waals surface area contributed by atoms with E-state index in [1.165, 1.54) is 0 Å². The van der Waals surface area contributed by atoms with Crippen LogP contribution in [0.25, 0.3) is 0 Å². The number of ether oxygens (including phenoxy) is 2. The van der Waals surface area contributed by atoms with Crippen molar-refractivity contribution >= 4 is 18.0 Å². The maximum Gasteiger partial charge on any atom is 0.407 e. The Kier molecular flexibility index (Phi) is 6.75. The minimum atomic E-state index is -0.678. The predicted octanol–water partition coefficient (Wildman–Crippen LogP) is 2.92. The van der Waals surface area contributed by atoms with Crippen molar-refractivity contribution in [2.24, 2.45) is 5.92 Å². The first-order valence-electron chi connectivity index (χ1n) is 7.47. The summed E-state index contributed by atoms with van der Waals surface area (Å²) in [5, 5.41) is 2.56. The van der Waals surface area contributed by atoms with Crippen molar-refractivity contribution in [3.05, 3.63) is 35.9 Å². The van der Waals surface area contributed by atoms with Gasteiger partial charge in [-0.2, -0.15) is 0 Å². The smallest absolute Gasteiger partial charge is 0.407 e. The van der Waals surface area contributed by atoms with Crippen molar-refractivity contribution in [3.8, 4) is 0 Å². The highest BCUT2D eigenvalue weighted by atomic mass is 16.6. The molecule has 1 N–H and O–H groups in total. The largest absolute Gasteiger partial charge is 0.444 e. The minimum absolute atomic E-state index is 0.255. The quantitative estimate of drug-likeness (QED) is 0.666. The van der Waals surface area contributed by atoms with Gasteiger partial charge in [0.15, 0.2) is 0 Å². The van der Waals surface area contributed by atoms with E-state index in [0.717, 1.165) is 0 Å². The van der Waals surface area contributed by atoms with Crippen molar-refractivity contribution in [2.75, 3.05) is 6.54 Å². The number of nitrogens with one attached hydrogen (secondary N) is 1. The van der Waals surface area contributed by atoms with Crippen LogP contribution in [0, 0.1) is 5.92 Å². The Morgan fingerprint density at radius 2 is 1.74 bits per heavy atom. The van der Waals surface area contributed by atoms with Gasteiger partial charge in [0.25, 0.3) is 0 Å². The Morgan fingerprint density at radius 3 is 2.30 bits per heavy atom. The molecule has 1 aromatic carbocycles. The van der Waals surface area contributed by atoms with E-state index in [-0.39, 0.29) is 6.54 Å². The normalized spacial score (nSPS) is 12.2. The molecule has 126 valence electrons. The van der Waals surface area contributed by atoms with Crippen molar-refractivity contribution in [3.63, 3.8) is 0 Å². The van der Waals surface area contributed by atoms with E-state index < -0.39 is 29.6 Å². The van der Waals surface area contributed by atoms with E-state index in [4.69, 9.17) is 9.47 Å². The summed E-state index contributed by atoms with van der Waals surface area (Å²) in [6.07, 6.45) is -0.196. The molecule has 0 aliphatic heterocycles. The Labute approximate surface area is 136 Å². The summed E-state index contributed by atoms with van der Waals surface area (Å²) in [4.78, 5) is 35.1. The highest BCUT2D eigenvalue weighted by Gasteiger charge is 2.20. The van der Waals surface area contributed by atoms with E-state index in [1.54, 1.807) is 58.0 Å². The number of carbonyl (C=O) groups is 3. The summed E-state index contributed by atoms with van der Waals surface area (Å²) in [6.45, 7) is 7.19. The van der Waals surface area contributed by atoms with Gasteiger partial charge in [-0.25, -0.2) is 9.59 Å². The molecule has 0 bridgehead atoms. The Hall–Kier alpha value is -2.37. The average Bonchev–Trinajstić information content (AvgIpc) is 2.46. The number of rotatable bonds is 5. The molecule has 0 heterocycles. The van der Waals surface area contributed by atoms with Gasteiger partial charge in [-0.05, 0) is 39.3 Å². The van der Waals surface area contributed by atoms with Crippen LogP contribution in [-0.4, -0.2) is 30.2 Å². The molecular weight excluding hydrogens is 298 g/mol. The second-order valence-corrected chi connectivity index (χ2v) is 6.19. The van der Waals surface area contributed by atoms with E-state index in [0.29, 0.717) is 12.0 Å². The number of benzene rings is 1. The Bertz CT molecular complexity index is 548. The fourth-order valence-corrected chi connectivity index (χ4v) is 1.65. The van der Waals surface area contributed by atoms with Gasteiger partial charge in [0.2, 0.25) is 0 Å². The lowest BCUT2D eigenvalue weighted by Crippen LogP contribution is -2.34. The molecule has 1 amide bonds. The molecule has 0 saturated heterocycles. The number of amides is 1. The van der Waals surface area contributed by atoms with Crippen LogP contribution in [0.5, 0.6) is 0 Å². The zero-order chi connectivity index (χ0) is 17.5. The van der Waals surface area contributed by atoms with Crippen molar-refractivity contribution < 1.29 is 23.9 Å². The molecule has 23 heavy (non-hydrogen) atoms. The lowest BCUT2D eigenvalue weighted by molar-refractivity contribution is -0.142. The maximum atomic E-state index is 11.8. The molecule has 0 aliphatic rings. The van der Waals surface area contributed by atoms with Gasteiger partial charge >= 0.3 is 18.0 Å². The van der Waals surface area contributed by atoms with Gasteiger partial charge in [0.05, 0.1) is 11.5 Å². The molecule has 0 aromatic heterocycles. The average molecular weight is 321 g/mol. The standard InChI is InChI=1S/C17H23NO5/c1-12(10-11-18-16(21)23-17(2,3)4)14(19)22-15(20)13-8-6-5-7-9-13/h5-9,12H,10-11H2,1-4H3,(H,18,21). The number of alkyl carbamates (subject to hydrolysis) is 1. The molecule has 0 fully saturated rings. The number of esters is 2. The topological polar surface area (TPSA) is 81.7 Å². The van der Waals surface area contributed by atoms with Gasteiger partial charge in [-0.1, -0.05) is 25.1 Å². The van der Waals surface area contributed by atoms with Gasteiger partial charge in [0, 0.05) is 6.54 Å². The molecule has 6 heteroatoms. The van der Waals surface area contributed by atoms with Crippen LogP contribution in [0.2, 0.25) is 0 Å². The molecule has 0 radical (unpaired) electrons. The first kappa shape index (κ1) is 18.7. The monoisotopic (exact) mass is 321 g/mol. The summed E-state index contributed by atoms with van der Waals surface area (Å²) in [6, 6.07) is 8.29. The lowest BCUT2D eigenvalue weighted by Gasteiger charge is -2.20. The molecule has 1 rings (SSSR count). The summed E-state index contributed by atoms with van der Waals surface area (Å²) in [5.41, 5.74) is -0.253. The van der Waals surface area contributed by atoms with Crippen LogP contribution in [0.3, 0.4) is 0 Å². The van der Waals surface area contributed by atoms with Gasteiger partial charge in [0.1, 0.15) is 5.60 Å². The van der Waals surface area contributed by atoms with Gasteiger partial charge < -0.3 is 14.8 Å². The van der Waals surface area contributed by atoms with Gasteiger partial charge in [-0.3, -0.25) is 4.79 Å². The molecule has 0 aliphatic carbocycles. The third-order valence-electron chi connectivity index (χ3n) is 2.85. The molecule has 6 nitrogen and oxygen atoms in total.